The van der Waals surface area contributed by atoms with E-state index < -0.39 is 0 Å². The van der Waals surface area contributed by atoms with Gasteiger partial charge in [-0.05, 0) is 26.0 Å². The van der Waals surface area contributed by atoms with Crippen molar-refractivity contribution in [3.8, 4) is 0 Å². The van der Waals surface area contributed by atoms with Crippen LogP contribution in [0.1, 0.15) is 28.1 Å². The van der Waals surface area contributed by atoms with E-state index in [1.807, 2.05) is 13.8 Å². The number of rotatable bonds is 5. The summed E-state index contributed by atoms with van der Waals surface area (Å²) in [6.07, 6.45) is 0.780. The topological polar surface area (TPSA) is 75.9 Å². The molecule has 6 heteroatoms. The Balaban J connectivity index is 2.19. The van der Waals surface area contributed by atoms with Crippen molar-refractivity contribution in [3.05, 3.63) is 33.3 Å². The number of aryl methyl sites for hydroxylation is 2. The molecule has 5 nitrogen and oxygen atoms in total. The number of nitrogen functional groups attached to an aromatic ring is 1. The van der Waals surface area contributed by atoms with Crippen molar-refractivity contribution in [1.29, 1.82) is 0 Å². The first-order valence-electron chi connectivity index (χ1n) is 6.27. The summed E-state index contributed by atoms with van der Waals surface area (Å²) in [5.41, 5.74) is 3.56. The van der Waals surface area contributed by atoms with Crippen molar-refractivity contribution in [2.45, 2.75) is 33.7 Å². The minimum absolute atomic E-state index is 0.678. The first-order valence-corrected chi connectivity index (χ1v) is 7.09. The number of aromatic nitrogens is 2. The number of nitrogens with two attached hydrogens (primary N) is 1. The van der Waals surface area contributed by atoms with E-state index in [0.29, 0.717) is 5.82 Å². The molecule has 0 atom stereocenters. The molecule has 0 aromatic carbocycles. The molecule has 4 N–H and O–H groups in total. The van der Waals surface area contributed by atoms with E-state index in [0.717, 1.165) is 30.2 Å². The number of hydrogen-bond donors (Lipinski definition) is 3. The van der Waals surface area contributed by atoms with Crippen LogP contribution in [0, 0.1) is 13.8 Å². The van der Waals surface area contributed by atoms with Gasteiger partial charge in [0.1, 0.15) is 17.5 Å². The highest BCUT2D eigenvalue weighted by Crippen LogP contribution is 2.21. The third-order valence-corrected chi connectivity index (χ3v) is 3.87. The molecular weight excluding hydrogens is 258 g/mol. The Bertz CT molecular complexity index is 564. The molecule has 0 saturated heterocycles. The monoisotopic (exact) mass is 277 g/mol. The molecule has 0 aliphatic carbocycles. The average molecular weight is 277 g/mol. The highest BCUT2D eigenvalue weighted by molar-refractivity contribution is 7.11. The average Bonchev–Trinajstić information content (AvgIpc) is 2.83. The van der Waals surface area contributed by atoms with Gasteiger partial charge in [0.05, 0.1) is 6.54 Å². The van der Waals surface area contributed by atoms with Gasteiger partial charge in [0.2, 0.25) is 0 Å². The van der Waals surface area contributed by atoms with Crippen molar-refractivity contribution < 1.29 is 0 Å². The standard InChI is InChI=1S/C13H19N5S/c1-4-11-16-12(9(3)13(17-11)18-14)15-7-10-6-5-8(2)19-10/h5-6H,4,7,14H2,1-3H3,(H2,15,16,17,18). The molecule has 0 spiro atoms. The van der Waals surface area contributed by atoms with Gasteiger partial charge in [0.15, 0.2) is 0 Å². The predicted molar refractivity (Wildman–Crippen MR) is 80.3 cm³/mol. The zero-order valence-corrected chi connectivity index (χ0v) is 12.3. The van der Waals surface area contributed by atoms with Crippen LogP contribution in [-0.2, 0) is 13.0 Å². The number of thiophene rings is 1. The summed E-state index contributed by atoms with van der Waals surface area (Å²) in [6.45, 7) is 6.85. The molecule has 0 amide bonds. The third-order valence-electron chi connectivity index (χ3n) is 2.87. The lowest BCUT2D eigenvalue weighted by molar-refractivity contribution is 0.922. The lowest BCUT2D eigenvalue weighted by Gasteiger charge is -2.12. The second-order valence-electron chi connectivity index (χ2n) is 4.33. The maximum absolute atomic E-state index is 5.49. The Kier molecular flexibility index (Phi) is 4.34. The lowest BCUT2D eigenvalue weighted by atomic mass is 10.3. The molecule has 0 bridgehead atoms. The number of nitrogens with one attached hydrogen (secondary N) is 2. The van der Waals surface area contributed by atoms with Gasteiger partial charge in [-0.1, -0.05) is 6.92 Å². The fourth-order valence-corrected chi connectivity index (χ4v) is 2.61. The molecule has 2 rings (SSSR count). The Morgan fingerprint density at radius 3 is 2.53 bits per heavy atom. The van der Waals surface area contributed by atoms with Crippen molar-refractivity contribution in [2.24, 2.45) is 5.84 Å². The van der Waals surface area contributed by atoms with Gasteiger partial charge in [-0.15, -0.1) is 11.3 Å². The van der Waals surface area contributed by atoms with Gasteiger partial charge < -0.3 is 10.7 Å². The Hall–Kier alpha value is -1.66. The third kappa shape index (κ3) is 3.21. The quantitative estimate of drug-likeness (QED) is 0.578. The van der Waals surface area contributed by atoms with Crippen molar-refractivity contribution in [2.75, 3.05) is 10.7 Å². The van der Waals surface area contributed by atoms with Gasteiger partial charge >= 0.3 is 0 Å². The van der Waals surface area contributed by atoms with Crippen molar-refractivity contribution in [1.82, 2.24) is 9.97 Å². The normalized spacial score (nSPS) is 10.5. The van der Waals surface area contributed by atoms with Gasteiger partial charge in [-0.2, -0.15) is 0 Å². The zero-order chi connectivity index (χ0) is 13.8. The van der Waals surface area contributed by atoms with Crippen LogP contribution in [0.15, 0.2) is 12.1 Å². The molecule has 0 fully saturated rings. The number of hydrogen-bond acceptors (Lipinski definition) is 6. The maximum atomic E-state index is 5.49. The first kappa shape index (κ1) is 13.8. The summed E-state index contributed by atoms with van der Waals surface area (Å²) in [7, 11) is 0. The summed E-state index contributed by atoms with van der Waals surface area (Å²) in [6, 6.07) is 4.26. The Morgan fingerprint density at radius 1 is 1.21 bits per heavy atom. The minimum atomic E-state index is 0.678. The van der Waals surface area contributed by atoms with E-state index in [1.165, 1.54) is 9.75 Å². The van der Waals surface area contributed by atoms with Crippen molar-refractivity contribution >= 4 is 23.0 Å². The minimum Gasteiger partial charge on any atom is -0.365 e. The van der Waals surface area contributed by atoms with E-state index in [2.05, 4.69) is 39.8 Å². The molecule has 2 heterocycles. The predicted octanol–water partition coefficient (Wildman–Crippen LogP) is 2.62. The maximum Gasteiger partial charge on any atom is 0.148 e. The molecule has 19 heavy (non-hydrogen) atoms. The number of hydrazine groups is 1. The van der Waals surface area contributed by atoms with Crippen LogP contribution in [0.4, 0.5) is 11.6 Å². The second kappa shape index (κ2) is 5.99. The first-order chi connectivity index (χ1) is 9.13. The lowest BCUT2D eigenvalue weighted by Crippen LogP contribution is -2.14. The molecule has 102 valence electrons. The Morgan fingerprint density at radius 2 is 1.95 bits per heavy atom. The van der Waals surface area contributed by atoms with Crippen LogP contribution in [0.25, 0.3) is 0 Å². The molecule has 0 unspecified atom stereocenters. The summed E-state index contributed by atoms with van der Waals surface area (Å²) in [4.78, 5) is 11.5. The summed E-state index contributed by atoms with van der Waals surface area (Å²) >= 11 is 1.79. The summed E-state index contributed by atoms with van der Waals surface area (Å²) < 4.78 is 0. The largest absolute Gasteiger partial charge is 0.365 e. The molecule has 2 aromatic rings. The zero-order valence-electron chi connectivity index (χ0n) is 11.4. The van der Waals surface area contributed by atoms with E-state index in [9.17, 15) is 0 Å². The van der Waals surface area contributed by atoms with E-state index in [1.54, 1.807) is 11.3 Å². The molecular formula is C13H19N5S. The van der Waals surface area contributed by atoms with Crippen molar-refractivity contribution in [3.63, 3.8) is 0 Å². The summed E-state index contributed by atoms with van der Waals surface area (Å²) in [5.74, 6) is 7.78. The fourth-order valence-electron chi connectivity index (χ4n) is 1.78. The highest BCUT2D eigenvalue weighted by Gasteiger charge is 2.09. The van der Waals surface area contributed by atoms with Gasteiger partial charge in [0.25, 0.3) is 0 Å². The fraction of sp³-hybridized carbons (Fsp3) is 0.385. The summed E-state index contributed by atoms with van der Waals surface area (Å²) in [5, 5.41) is 3.36. The Labute approximate surface area is 117 Å². The van der Waals surface area contributed by atoms with Crippen LogP contribution in [0.3, 0.4) is 0 Å². The smallest absolute Gasteiger partial charge is 0.148 e. The van der Waals surface area contributed by atoms with Gasteiger partial charge in [-0.25, -0.2) is 15.8 Å². The molecule has 2 aromatic heterocycles. The number of anilines is 2. The second-order valence-corrected chi connectivity index (χ2v) is 5.70. The molecule has 0 saturated carbocycles. The van der Waals surface area contributed by atoms with Crippen LogP contribution in [0.2, 0.25) is 0 Å². The van der Waals surface area contributed by atoms with E-state index >= 15 is 0 Å². The van der Waals surface area contributed by atoms with Gasteiger partial charge in [0, 0.05) is 21.7 Å². The molecule has 0 aliphatic rings. The van der Waals surface area contributed by atoms with Crippen LogP contribution >= 0.6 is 11.3 Å². The van der Waals surface area contributed by atoms with Crippen LogP contribution < -0.4 is 16.6 Å². The van der Waals surface area contributed by atoms with Crippen LogP contribution in [0.5, 0.6) is 0 Å². The molecule has 0 radical (unpaired) electrons. The van der Waals surface area contributed by atoms with Crippen LogP contribution in [-0.4, -0.2) is 9.97 Å². The number of nitrogens with zero attached hydrogens (tertiary/aromatic N) is 2. The SMILES string of the molecule is CCc1nc(NN)c(C)c(NCc2ccc(C)s2)n1. The van der Waals surface area contributed by atoms with Gasteiger partial charge in [-0.3, -0.25) is 0 Å². The molecule has 0 aliphatic heterocycles. The van der Waals surface area contributed by atoms with E-state index in [4.69, 9.17) is 5.84 Å². The van der Waals surface area contributed by atoms with E-state index in [-0.39, 0.29) is 0 Å². The highest BCUT2D eigenvalue weighted by atomic mass is 32.1.